The third kappa shape index (κ3) is 3.53. The molecule has 3 rings (SSSR count). The van der Waals surface area contributed by atoms with Crippen LogP contribution in [0.25, 0.3) is 11.1 Å². The van der Waals surface area contributed by atoms with E-state index in [9.17, 15) is 14.4 Å². The van der Waals surface area contributed by atoms with Gasteiger partial charge in [-0.25, -0.2) is 9.18 Å². The van der Waals surface area contributed by atoms with Crippen molar-refractivity contribution in [1.29, 1.82) is 5.26 Å². The van der Waals surface area contributed by atoms with E-state index in [-0.39, 0.29) is 29.8 Å². The Labute approximate surface area is 152 Å². The topological polar surface area (TPSA) is 68.2 Å². The summed E-state index contributed by atoms with van der Waals surface area (Å²) in [7, 11) is 3.36. The molecule has 0 radical (unpaired) electrons. The molecule has 1 heterocycles. The summed E-state index contributed by atoms with van der Waals surface area (Å²) in [6.45, 7) is 0.439. The average Bonchev–Trinajstić information content (AvgIpc) is 2.62. The second kappa shape index (κ2) is 7.54. The summed E-state index contributed by atoms with van der Waals surface area (Å²) in [6, 6.07) is 16.0. The number of hydrogen-bond acceptors (Lipinski definition) is 3. The van der Waals surface area contributed by atoms with Crippen molar-refractivity contribution in [2.24, 2.45) is 0 Å². The van der Waals surface area contributed by atoms with E-state index in [1.807, 2.05) is 24.3 Å². The molecule has 0 aromatic heterocycles. The highest BCUT2D eigenvalue weighted by Gasteiger charge is 2.41. The van der Waals surface area contributed by atoms with Crippen molar-refractivity contribution in [3.63, 3.8) is 0 Å². The number of halogens is 1. The van der Waals surface area contributed by atoms with Crippen LogP contribution in [0.15, 0.2) is 48.5 Å². The minimum atomic E-state index is -0.296. The van der Waals surface area contributed by atoms with Gasteiger partial charge in [-0.3, -0.25) is 5.32 Å². The van der Waals surface area contributed by atoms with Crippen LogP contribution in [0.5, 0.6) is 0 Å². The quantitative estimate of drug-likeness (QED) is 0.889. The summed E-state index contributed by atoms with van der Waals surface area (Å²) >= 11 is 0. The molecular formula is C20H21FN4O. The van der Waals surface area contributed by atoms with Crippen LogP contribution in [-0.4, -0.2) is 43.7 Å². The largest absolute Gasteiger partial charge is 0.336 e. The number of amides is 2. The Morgan fingerprint density at radius 1 is 1.23 bits per heavy atom. The number of rotatable bonds is 4. The number of carbonyl (C=O) groups excluding carboxylic acids is 1. The molecule has 0 unspecified atom stereocenters. The van der Waals surface area contributed by atoms with Gasteiger partial charge < -0.3 is 10.2 Å². The second-order valence-electron chi connectivity index (χ2n) is 6.59. The van der Waals surface area contributed by atoms with E-state index in [0.717, 1.165) is 11.1 Å². The van der Waals surface area contributed by atoms with E-state index in [2.05, 4.69) is 16.7 Å². The van der Waals surface area contributed by atoms with Crippen molar-refractivity contribution in [3.8, 4) is 17.2 Å². The van der Waals surface area contributed by atoms with Crippen molar-refractivity contribution >= 4 is 6.03 Å². The molecule has 26 heavy (non-hydrogen) atoms. The molecule has 1 aliphatic heterocycles. The third-order valence-electron chi connectivity index (χ3n) is 4.69. The molecule has 0 bridgehead atoms. The lowest BCUT2D eigenvalue weighted by Gasteiger charge is -2.43. The number of carbonyl (C=O) groups is 1. The Morgan fingerprint density at radius 3 is 2.54 bits per heavy atom. The molecule has 1 aliphatic rings. The van der Waals surface area contributed by atoms with Gasteiger partial charge in [0.1, 0.15) is 11.9 Å². The first-order chi connectivity index (χ1) is 12.5. The van der Waals surface area contributed by atoms with Crippen molar-refractivity contribution in [1.82, 2.24) is 15.5 Å². The standard InChI is InChI=1S/C20H21FN4O/c1-25(2)20(26)23-12-18-19(17(11-22)24-18)14-9-7-13(8-10-14)15-5-3-4-6-16(15)21/h3-10,17-19,24H,12H2,1-2H3,(H,23,26)/t17-,18-,19-/m0/s1. The molecule has 2 aromatic carbocycles. The van der Waals surface area contributed by atoms with Gasteiger partial charge in [0.15, 0.2) is 0 Å². The van der Waals surface area contributed by atoms with Crippen LogP contribution in [0.4, 0.5) is 9.18 Å². The van der Waals surface area contributed by atoms with Gasteiger partial charge in [0.05, 0.1) is 6.07 Å². The fourth-order valence-electron chi connectivity index (χ4n) is 3.22. The first-order valence-corrected chi connectivity index (χ1v) is 8.47. The first-order valence-electron chi connectivity index (χ1n) is 8.47. The molecule has 2 aromatic rings. The smallest absolute Gasteiger partial charge is 0.316 e. The third-order valence-corrected chi connectivity index (χ3v) is 4.69. The van der Waals surface area contributed by atoms with Crippen LogP contribution in [0.3, 0.4) is 0 Å². The Hall–Kier alpha value is -2.91. The number of nitriles is 1. The van der Waals surface area contributed by atoms with Gasteiger partial charge in [-0.1, -0.05) is 42.5 Å². The normalized spacial score (nSPS) is 21.4. The fraction of sp³-hybridized carbons (Fsp3) is 0.300. The lowest BCUT2D eigenvalue weighted by Crippen LogP contribution is -2.63. The van der Waals surface area contributed by atoms with Crippen molar-refractivity contribution in [2.75, 3.05) is 20.6 Å². The van der Waals surface area contributed by atoms with Crippen LogP contribution >= 0.6 is 0 Å². The molecule has 2 amide bonds. The molecule has 5 nitrogen and oxygen atoms in total. The highest BCUT2D eigenvalue weighted by atomic mass is 19.1. The van der Waals surface area contributed by atoms with Gasteiger partial charge in [0.2, 0.25) is 0 Å². The number of nitrogens with zero attached hydrogens (tertiary/aromatic N) is 2. The van der Waals surface area contributed by atoms with Crippen LogP contribution in [0, 0.1) is 17.1 Å². The molecule has 0 aliphatic carbocycles. The van der Waals surface area contributed by atoms with Gasteiger partial charge in [0, 0.05) is 38.2 Å². The summed E-state index contributed by atoms with van der Waals surface area (Å²) in [6.07, 6.45) is 0. The van der Waals surface area contributed by atoms with Crippen molar-refractivity contribution in [2.45, 2.75) is 18.0 Å². The van der Waals surface area contributed by atoms with Crippen molar-refractivity contribution in [3.05, 3.63) is 59.9 Å². The molecule has 1 fully saturated rings. The molecule has 0 spiro atoms. The van der Waals surface area contributed by atoms with E-state index in [1.54, 1.807) is 32.3 Å². The summed E-state index contributed by atoms with van der Waals surface area (Å²) in [5.74, 6) is -0.276. The molecule has 134 valence electrons. The zero-order chi connectivity index (χ0) is 18.7. The zero-order valence-electron chi connectivity index (χ0n) is 14.7. The Morgan fingerprint density at radius 2 is 1.92 bits per heavy atom. The monoisotopic (exact) mass is 352 g/mol. The lowest BCUT2D eigenvalue weighted by atomic mass is 9.77. The van der Waals surface area contributed by atoms with E-state index < -0.39 is 0 Å². The summed E-state index contributed by atoms with van der Waals surface area (Å²) < 4.78 is 13.9. The molecule has 6 heteroatoms. The Bertz CT molecular complexity index is 828. The number of benzene rings is 2. The van der Waals surface area contributed by atoms with E-state index in [0.29, 0.717) is 12.1 Å². The van der Waals surface area contributed by atoms with E-state index in [4.69, 9.17) is 0 Å². The minimum absolute atomic E-state index is 0.0112. The second-order valence-corrected chi connectivity index (χ2v) is 6.59. The predicted molar refractivity (Wildman–Crippen MR) is 98.0 cm³/mol. The Kier molecular flexibility index (Phi) is 5.19. The molecule has 2 N–H and O–H groups in total. The predicted octanol–water partition coefficient (Wildman–Crippen LogP) is 2.71. The lowest BCUT2D eigenvalue weighted by molar-refractivity contribution is 0.205. The zero-order valence-corrected chi connectivity index (χ0v) is 14.7. The minimum Gasteiger partial charge on any atom is -0.336 e. The first kappa shape index (κ1) is 17.9. The summed E-state index contributed by atoms with van der Waals surface area (Å²) in [4.78, 5) is 13.2. The maximum absolute atomic E-state index is 13.9. The highest BCUT2D eigenvalue weighted by Crippen LogP contribution is 2.33. The van der Waals surface area contributed by atoms with Gasteiger partial charge >= 0.3 is 6.03 Å². The molecule has 1 saturated heterocycles. The number of nitrogens with one attached hydrogen (secondary N) is 2. The van der Waals surface area contributed by atoms with Gasteiger partial charge in [-0.05, 0) is 17.2 Å². The number of hydrogen-bond donors (Lipinski definition) is 2. The fourth-order valence-corrected chi connectivity index (χ4v) is 3.22. The summed E-state index contributed by atoms with van der Waals surface area (Å²) in [5.41, 5.74) is 2.35. The maximum Gasteiger partial charge on any atom is 0.316 e. The molecular weight excluding hydrogens is 331 g/mol. The van der Waals surface area contributed by atoms with Crippen LogP contribution in [-0.2, 0) is 0 Å². The van der Waals surface area contributed by atoms with Gasteiger partial charge in [-0.15, -0.1) is 0 Å². The summed E-state index contributed by atoms with van der Waals surface area (Å²) in [5, 5.41) is 15.3. The van der Waals surface area contributed by atoms with Gasteiger partial charge in [0.25, 0.3) is 0 Å². The van der Waals surface area contributed by atoms with Crippen molar-refractivity contribution < 1.29 is 9.18 Å². The van der Waals surface area contributed by atoms with Gasteiger partial charge in [-0.2, -0.15) is 5.26 Å². The van der Waals surface area contributed by atoms with E-state index >= 15 is 0 Å². The molecule has 0 saturated carbocycles. The Balaban J connectivity index is 1.75. The van der Waals surface area contributed by atoms with Crippen LogP contribution in [0.1, 0.15) is 11.5 Å². The van der Waals surface area contributed by atoms with E-state index in [1.165, 1.54) is 11.0 Å². The highest BCUT2D eigenvalue weighted by molar-refractivity contribution is 5.73. The average molecular weight is 352 g/mol. The maximum atomic E-state index is 13.9. The SMILES string of the molecule is CN(C)C(=O)NC[C@@H]1N[C@@H](C#N)[C@@H]1c1ccc(-c2ccccc2F)cc1. The van der Waals surface area contributed by atoms with Crippen LogP contribution < -0.4 is 10.6 Å². The molecule has 3 atom stereocenters. The number of urea groups is 1. The van der Waals surface area contributed by atoms with Crippen LogP contribution in [0.2, 0.25) is 0 Å².